The Bertz CT molecular complexity index is 1650. The third-order valence-corrected chi connectivity index (χ3v) is 10.1. The summed E-state index contributed by atoms with van der Waals surface area (Å²) in [5, 5.41) is 5.89. The number of aromatic nitrogens is 6. The van der Waals surface area contributed by atoms with Crippen LogP contribution in [0.3, 0.4) is 0 Å². The van der Waals surface area contributed by atoms with Gasteiger partial charge < -0.3 is 10.7 Å². The molecule has 2 aromatic carbocycles. The van der Waals surface area contributed by atoms with Gasteiger partial charge >= 0.3 is 0 Å². The molecule has 40 heavy (non-hydrogen) atoms. The van der Waals surface area contributed by atoms with E-state index in [-0.39, 0.29) is 6.04 Å². The number of fused-ring (bicyclic) bond motifs is 2. The molecule has 1 aliphatic carbocycles. The van der Waals surface area contributed by atoms with Crippen molar-refractivity contribution in [2.45, 2.75) is 44.2 Å². The maximum atomic E-state index is 9.99. The Balaban J connectivity index is 1.16. The minimum Gasteiger partial charge on any atom is -0.383 e. The molecule has 0 unspecified atom stereocenters. The average molecular weight is 559 g/mol. The zero-order valence-corrected chi connectivity index (χ0v) is 23.1. The summed E-state index contributed by atoms with van der Waals surface area (Å²) in [6, 6.07) is 17.2. The quantitative estimate of drug-likeness (QED) is 0.234. The fraction of sp³-hybridized carbons (Fsp3) is 0.379. The van der Waals surface area contributed by atoms with Crippen LogP contribution < -0.4 is 5.73 Å². The summed E-state index contributed by atoms with van der Waals surface area (Å²) in [5.41, 5.74) is 12.0. The summed E-state index contributed by atoms with van der Waals surface area (Å²) >= 11 is 0. The van der Waals surface area contributed by atoms with Gasteiger partial charge in [0.05, 0.1) is 34.0 Å². The molecule has 0 amide bonds. The summed E-state index contributed by atoms with van der Waals surface area (Å²) in [6.07, 6.45) is 6.33. The van der Waals surface area contributed by atoms with Gasteiger partial charge in [-0.1, -0.05) is 36.4 Å². The van der Waals surface area contributed by atoms with Gasteiger partial charge in [0.25, 0.3) is 0 Å². The summed E-state index contributed by atoms with van der Waals surface area (Å²) in [4.78, 5) is 19.6. The van der Waals surface area contributed by atoms with Crippen molar-refractivity contribution in [2.24, 2.45) is 0 Å². The number of nitrogens with two attached hydrogens (primary N) is 1. The predicted molar refractivity (Wildman–Crippen MR) is 160 cm³/mol. The van der Waals surface area contributed by atoms with Gasteiger partial charge in [0, 0.05) is 31.1 Å². The van der Waals surface area contributed by atoms with Crippen molar-refractivity contribution < 1.29 is 9.11 Å². The Morgan fingerprint density at radius 2 is 1.70 bits per heavy atom. The second-order valence-electron chi connectivity index (χ2n) is 11.0. The lowest BCUT2D eigenvalue weighted by Gasteiger charge is -2.45. The number of anilines is 1. The van der Waals surface area contributed by atoms with Crippen LogP contribution in [0.4, 0.5) is 5.82 Å². The second kappa shape index (κ2) is 10.2. The van der Waals surface area contributed by atoms with Gasteiger partial charge in [-0.25, -0.2) is 19.6 Å². The molecule has 10 nitrogen and oxygen atoms in total. The zero-order valence-electron chi connectivity index (χ0n) is 22.3. The molecule has 1 saturated carbocycles. The number of rotatable bonds is 5. The molecule has 4 heterocycles. The van der Waals surface area contributed by atoms with E-state index in [2.05, 4.69) is 42.7 Å². The SMILES string of the molecule is Nc1ncnc2c1c(-c1ccc3nc(Cc4ccccc4)[nH]c3c1)nn2C1CCC(N2CCS(O)(O)CC2)CC1. The number of hydrogen-bond donors (Lipinski definition) is 4. The molecule has 5 aromatic rings. The highest BCUT2D eigenvalue weighted by Crippen LogP contribution is 2.43. The van der Waals surface area contributed by atoms with Gasteiger partial charge in [-0.05, 0) is 43.4 Å². The first-order chi connectivity index (χ1) is 19.4. The van der Waals surface area contributed by atoms with E-state index in [9.17, 15) is 9.11 Å². The number of nitrogen functional groups attached to an aromatic ring is 1. The van der Waals surface area contributed by atoms with Crippen LogP contribution in [0.5, 0.6) is 0 Å². The van der Waals surface area contributed by atoms with Crippen LogP contribution in [-0.2, 0) is 6.42 Å². The van der Waals surface area contributed by atoms with E-state index >= 15 is 0 Å². The lowest BCUT2D eigenvalue weighted by Crippen LogP contribution is -2.46. The minimum absolute atomic E-state index is 0.223. The highest BCUT2D eigenvalue weighted by atomic mass is 32.3. The van der Waals surface area contributed by atoms with Gasteiger partial charge in [0.2, 0.25) is 0 Å². The van der Waals surface area contributed by atoms with Crippen molar-refractivity contribution in [3.05, 3.63) is 66.2 Å². The molecule has 11 heteroatoms. The van der Waals surface area contributed by atoms with E-state index in [1.807, 2.05) is 30.3 Å². The molecular weight excluding hydrogens is 524 g/mol. The van der Waals surface area contributed by atoms with E-state index in [4.69, 9.17) is 15.8 Å². The number of H-pyrrole nitrogens is 1. The van der Waals surface area contributed by atoms with E-state index in [1.165, 1.54) is 11.9 Å². The van der Waals surface area contributed by atoms with E-state index in [0.29, 0.717) is 23.4 Å². The topological polar surface area (TPSA) is 142 Å². The first-order valence-electron chi connectivity index (χ1n) is 13.9. The van der Waals surface area contributed by atoms with E-state index in [0.717, 1.165) is 84.3 Å². The third kappa shape index (κ3) is 4.83. The molecule has 5 N–H and O–H groups in total. The van der Waals surface area contributed by atoms with Gasteiger partial charge in [-0.15, -0.1) is 0 Å². The highest BCUT2D eigenvalue weighted by molar-refractivity contribution is 8.24. The number of nitrogens with one attached hydrogen (secondary N) is 1. The average Bonchev–Trinajstić information content (AvgIpc) is 3.55. The summed E-state index contributed by atoms with van der Waals surface area (Å²) < 4.78 is 22.0. The molecule has 7 rings (SSSR count). The monoisotopic (exact) mass is 558 g/mol. The van der Waals surface area contributed by atoms with Gasteiger partial charge in [-0.2, -0.15) is 15.7 Å². The maximum absolute atomic E-state index is 9.99. The van der Waals surface area contributed by atoms with Crippen molar-refractivity contribution in [3.8, 4) is 11.3 Å². The molecule has 0 bridgehead atoms. The van der Waals surface area contributed by atoms with Crippen LogP contribution in [0.15, 0.2) is 54.9 Å². The largest absolute Gasteiger partial charge is 0.383 e. The van der Waals surface area contributed by atoms with Crippen molar-refractivity contribution in [1.29, 1.82) is 0 Å². The van der Waals surface area contributed by atoms with Crippen LogP contribution in [0, 0.1) is 0 Å². The predicted octanol–water partition coefficient (Wildman–Crippen LogP) is 5.09. The Labute approximate surface area is 234 Å². The molecule has 1 saturated heterocycles. The lowest BCUT2D eigenvalue weighted by atomic mass is 9.90. The lowest BCUT2D eigenvalue weighted by molar-refractivity contribution is 0.143. The Morgan fingerprint density at radius 1 is 0.950 bits per heavy atom. The Kier molecular flexibility index (Phi) is 6.46. The van der Waals surface area contributed by atoms with E-state index < -0.39 is 10.6 Å². The summed E-state index contributed by atoms with van der Waals surface area (Å²) in [5.74, 6) is 2.34. The molecule has 2 aliphatic rings. The van der Waals surface area contributed by atoms with Crippen molar-refractivity contribution in [1.82, 2.24) is 34.6 Å². The number of imidazole rings is 1. The smallest absolute Gasteiger partial charge is 0.164 e. The van der Waals surface area contributed by atoms with Crippen LogP contribution >= 0.6 is 10.6 Å². The standard InChI is InChI=1S/C29H34N8O2S/c30-28-26-27(20-6-11-23-24(17-20)34-25(33-23)16-19-4-2-1-3-5-19)35-37(29(26)32-18-31-28)22-9-7-21(8-10-22)36-12-14-40(38,39)15-13-36/h1-6,11,17-18,21-22,38-39H,7-10,12-16H2,(H,33,34)(H2,30,31,32). The molecule has 0 spiro atoms. The maximum Gasteiger partial charge on any atom is 0.164 e. The molecule has 208 valence electrons. The van der Waals surface area contributed by atoms with Crippen molar-refractivity contribution >= 4 is 38.5 Å². The number of benzene rings is 2. The van der Waals surface area contributed by atoms with Crippen LogP contribution in [0.2, 0.25) is 0 Å². The molecule has 0 radical (unpaired) electrons. The Morgan fingerprint density at radius 3 is 2.48 bits per heavy atom. The minimum atomic E-state index is -2.38. The van der Waals surface area contributed by atoms with Crippen LogP contribution in [0.25, 0.3) is 33.3 Å². The molecule has 2 fully saturated rings. The highest BCUT2D eigenvalue weighted by Gasteiger charge is 2.32. The molecular formula is C29H34N8O2S. The molecule has 3 aromatic heterocycles. The van der Waals surface area contributed by atoms with Gasteiger partial charge in [0.1, 0.15) is 23.7 Å². The fourth-order valence-corrected chi connectivity index (χ4v) is 7.57. The first-order valence-corrected chi connectivity index (χ1v) is 15.8. The zero-order chi connectivity index (χ0) is 27.3. The number of aromatic amines is 1. The van der Waals surface area contributed by atoms with E-state index in [1.54, 1.807) is 0 Å². The normalized spacial score (nSPS) is 22.6. The third-order valence-electron chi connectivity index (χ3n) is 8.48. The first kappa shape index (κ1) is 25.5. The summed E-state index contributed by atoms with van der Waals surface area (Å²) in [7, 11) is -2.38. The van der Waals surface area contributed by atoms with Crippen molar-refractivity contribution in [3.63, 3.8) is 0 Å². The fourth-order valence-electron chi connectivity index (χ4n) is 6.31. The molecule has 1 aliphatic heterocycles. The van der Waals surface area contributed by atoms with Crippen LogP contribution in [-0.4, -0.2) is 74.4 Å². The van der Waals surface area contributed by atoms with Crippen LogP contribution in [0.1, 0.15) is 43.1 Å². The van der Waals surface area contributed by atoms with Gasteiger partial charge in [-0.3, -0.25) is 14.0 Å². The number of hydrogen-bond acceptors (Lipinski definition) is 8. The van der Waals surface area contributed by atoms with Crippen molar-refractivity contribution in [2.75, 3.05) is 30.3 Å². The van der Waals surface area contributed by atoms with Gasteiger partial charge in [0.15, 0.2) is 5.65 Å². The molecule has 0 atom stereocenters. The summed E-state index contributed by atoms with van der Waals surface area (Å²) in [6.45, 7) is 1.53. The number of nitrogens with zero attached hydrogens (tertiary/aromatic N) is 6. The second-order valence-corrected chi connectivity index (χ2v) is 13.5. The Hall–Kier alpha value is -3.51.